The van der Waals surface area contributed by atoms with Gasteiger partial charge < -0.3 is 15.8 Å². The molecule has 0 aliphatic heterocycles. The molecule has 1 atom stereocenters. The molecule has 0 aliphatic rings. The van der Waals surface area contributed by atoms with Crippen molar-refractivity contribution in [2.75, 3.05) is 18.2 Å². The van der Waals surface area contributed by atoms with E-state index in [4.69, 9.17) is 15.7 Å². The number of methoxy groups -OCH3 is 1. The first-order chi connectivity index (χ1) is 9.63. The molecule has 4 heteroatoms. The molecule has 0 amide bonds. The number of hydrogen-bond acceptors (Lipinski definition) is 4. The van der Waals surface area contributed by atoms with E-state index in [1.807, 2.05) is 37.3 Å². The standard InChI is InChI=1S/C16H17N3O/c1-11(12-3-6-15(20-2)7-4-12)19-16-8-5-14(18)9-13(16)10-17/h3-9,11,19H,18H2,1-2H3. The van der Waals surface area contributed by atoms with Gasteiger partial charge >= 0.3 is 0 Å². The molecule has 2 aromatic rings. The first kappa shape index (κ1) is 13.8. The number of nitrogens with two attached hydrogens (primary N) is 1. The lowest BCUT2D eigenvalue weighted by atomic mass is 10.1. The zero-order chi connectivity index (χ0) is 14.5. The number of benzene rings is 2. The predicted octanol–water partition coefficient (Wildman–Crippen LogP) is 3.32. The summed E-state index contributed by atoms with van der Waals surface area (Å²) in [6.45, 7) is 2.04. The Labute approximate surface area is 118 Å². The number of nitrogens with zero attached hydrogens (tertiary/aromatic N) is 1. The van der Waals surface area contributed by atoms with Crippen molar-refractivity contribution in [1.82, 2.24) is 0 Å². The van der Waals surface area contributed by atoms with Gasteiger partial charge in [0.25, 0.3) is 0 Å². The van der Waals surface area contributed by atoms with Crippen LogP contribution in [0.1, 0.15) is 24.1 Å². The fourth-order valence-electron chi connectivity index (χ4n) is 1.99. The second kappa shape index (κ2) is 5.98. The second-order valence-electron chi connectivity index (χ2n) is 4.56. The molecule has 0 bridgehead atoms. The molecule has 2 rings (SSSR count). The third-order valence-electron chi connectivity index (χ3n) is 3.15. The molecular formula is C16H17N3O. The average molecular weight is 267 g/mol. The van der Waals surface area contributed by atoms with Crippen molar-refractivity contribution < 1.29 is 4.74 Å². The molecule has 0 heterocycles. The first-order valence-electron chi connectivity index (χ1n) is 6.34. The van der Waals surface area contributed by atoms with Crippen LogP contribution in [0.25, 0.3) is 0 Å². The number of ether oxygens (including phenoxy) is 1. The highest BCUT2D eigenvalue weighted by atomic mass is 16.5. The molecule has 4 nitrogen and oxygen atoms in total. The molecule has 102 valence electrons. The third-order valence-corrected chi connectivity index (χ3v) is 3.15. The summed E-state index contributed by atoms with van der Waals surface area (Å²) in [5.74, 6) is 0.825. The first-order valence-corrected chi connectivity index (χ1v) is 6.34. The molecule has 0 spiro atoms. The Hall–Kier alpha value is -2.67. The molecule has 2 aromatic carbocycles. The highest BCUT2D eigenvalue weighted by Crippen LogP contribution is 2.25. The van der Waals surface area contributed by atoms with Crippen molar-refractivity contribution in [1.29, 1.82) is 5.26 Å². The Kier molecular flexibility index (Phi) is 4.11. The summed E-state index contributed by atoms with van der Waals surface area (Å²) < 4.78 is 5.14. The van der Waals surface area contributed by atoms with Gasteiger partial charge in [-0.15, -0.1) is 0 Å². The summed E-state index contributed by atoms with van der Waals surface area (Å²) in [5.41, 5.74) is 8.72. The Balaban J connectivity index is 2.18. The monoisotopic (exact) mass is 267 g/mol. The van der Waals surface area contributed by atoms with Gasteiger partial charge in [-0.2, -0.15) is 5.26 Å². The minimum absolute atomic E-state index is 0.0802. The van der Waals surface area contributed by atoms with E-state index in [-0.39, 0.29) is 6.04 Å². The summed E-state index contributed by atoms with van der Waals surface area (Å²) in [6, 6.07) is 15.3. The zero-order valence-corrected chi connectivity index (χ0v) is 11.6. The normalized spacial score (nSPS) is 11.4. The molecular weight excluding hydrogens is 250 g/mol. The highest BCUT2D eigenvalue weighted by Gasteiger charge is 2.09. The number of nitrogen functional groups attached to an aromatic ring is 1. The summed E-state index contributed by atoms with van der Waals surface area (Å²) >= 11 is 0. The van der Waals surface area contributed by atoms with E-state index < -0.39 is 0 Å². The molecule has 0 aromatic heterocycles. The zero-order valence-electron chi connectivity index (χ0n) is 11.6. The highest BCUT2D eigenvalue weighted by molar-refractivity contribution is 5.63. The van der Waals surface area contributed by atoms with Crippen LogP contribution in [0.4, 0.5) is 11.4 Å². The topological polar surface area (TPSA) is 71.1 Å². The second-order valence-corrected chi connectivity index (χ2v) is 4.56. The Bertz CT molecular complexity index is 629. The van der Waals surface area contributed by atoms with Crippen LogP contribution in [-0.4, -0.2) is 7.11 Å². The van der Waals surface area contributed by atoms with Gasteiger partial charge in [-0.25, -0.2) is 0 Å². The molecule has 0 aliphatic carbocycles. The molecule has 20 heavy (non-hydrogen) atoms. The van der Waals surface area contributed by atoms with E-state index >= 15 is 0 Å². The SMILES string of the molecule is COc1ccc(C(C)Nc2ccc(N)cc2C#N)cc1. The Morgan fingerprint density at radius 1 is 1.20 bits per heavy atom. The van der Waals surface area contributed by atoms with Crippen molar-refractivity contribution in [3.8, 4) is 11.8 Å². The van der Waals surface area contributed by atoms with E-state index in [1.54, 1.807) is 19.2 Å². The molecule has 1 unspecified atom stereocenters. The van der Waals surface area contributed by atoms with Gasteiger partial charge in [0.2, 0.25) is 0 Å². The maximum Gasteiger partial charge on any atom is 0.118 e. The average Bonchev–Trinajstić information content (AvgIpc) is 2.49. The number of rotatable bonds is 4. The van der Waals surface area contributed by atoms with E-state index in [9.17, 15) is 0 Å². The largest absolute Gasteiger partial charge is 0.497 e. The van der Waals surface area contributed by atoms with E-state index in [2.05, 4.69) is 11.4 Å². The van der Waals surface area contributed by atoms with Crippen molar-refractivity contribution >= 4 is 11.4 Å². The summed E-state index contributed by atoms with van der Waals surface area (Å²) in [4.78, 5) is 0. The van der Waals surface area contributed by atoms with Crippen LogP contribution >= 0.6 is 0 Å². The maximum absolute atomic E-state index is 9.13. The van der Waals surface area contributed by atoms with Crippen LogP contribution in [0.2, 0.25) is 0 Å². The lowest BCUT2D eigenvalue weighted by Crippen LogP contribution is -2.08. The minimum Gasteiger partial charge on any atom is -0.497 e. The van der Waals surface area contributed by atoms with Crippen LogP contribution in [0.3, 0.4) is 0 Å². The van der Waals surface area contributed by atoms with Crippen molar-refractivity contribution in [2.24, 2.45) is 0 Å². The third kappa shape index (κ3) is 3.01. The van der Waals surface area contributed by atoms with Crippen molar-refractivity contribution in [2.45, 2.75) is 13.0 Å². The fraction of sp³-hybridized carbons (Fsp3) is 0.188. The van der Waals surface area contributed by atoms with Crippen LogP contribution < -0.4 is 15.8 Å². The van der Waals surface area contributed by atoms with Crippen molar-refractivity contribution in [3.63, 3.8) is 0 Å². The van der Waals surface area contributed by atoms with E-state index in [0.29, 0.717) is 11.3 Å². The molecule has 0 radical (unpaired) electrons. The minimum atomic E-state index is 0.0802. The van der Waals surface area contributed by atoms with Gasteiger partial charge in [-0.3, -0.25) is 0 Å². The van der Waals surface area contributed by atoms with E-state index in [0.717, 1.165) is 17.0 Å². The van der Waals surface area contributed by atoms with Gasteiger partial charge in [0.05, 0.1) is 18.4 Å². The van der Waals surface area contributed by atoms with Crippen LogP contribution in [0.5, 0.6) is 5.75 Å². The number of nitriles is 1. The predicted molar refractivity (Wildman–Crippen MR) is 80.6 cm³/mol. The molecule has 0 fully saturated rings. The number of nitrogens with one attached hydrogen (secondary N) is 1. The van der Waals surface area contributed by atoms with Crippen LogP contribution in [-0.2, 0) is 0 Å². The van der Waals surface area contributed by atoms with Gasteiger partial charge in [0.15, 0.2) is 0 Å². The smallest absolute Gasteiger partial charge is 0.118 e. The van der Waals surface area contributed by atoms with Gasteiger partial charge in [-0.1, -0.05) is 12.1 Å². The molecule has 0 saturated heterocycles. The maximum atomic E-state index is 9.13. The Morgan fingerprint density at radius 3 is 2.50 bits per heavy atom. The van der Waals surface area contributed by atoms with Crippen LogP contribution in [0.15, 0.2) is 42.5 Å². The lowest BCUT2D eigenvalue weighted by Gasteiger charge is -2.17. The van der Waals surface area contributed by atoms with Crippen molar-refractivity contribution in [3.05, 3.63) is 53.6 Å². The lowest BCUT2D eigenvalue weighted by molar-refractivity contribution is 0.414. The quantitative estimate of drug-likeness (QED) is 0.834. The summed E-state index contributed by atoms with van der Waals surface area (Å²) in [6.07, 6.45) is 0. The van der Waals surface area contributed by atoms with Gasteiger partial charge in [0, 0.05) is 11.7 Å². The molecule has 0 saturated carbocycles. The number of anilines is 2. The van der Waals surface area contributed by atoms with Gasteiger partial charge in [-0.05, 0) is 42.8 Å². The number of hydrogen-bond donors (Lipinski definition) is 2. The van der Waals surface area contributed by atoms with Gasteiger partial charge in [0.1, 0.15) is 11.8 Å². The summed E-state index contributed by atoms with van der Waals surface area (Å²) in [5, 5.41) is 12.5. The molecule has 3 N–H and O–H groups in total. The van der Waals surface area contributed by atoms with E-state index in [1.165, 1.54) is 0 Å². The summed E-state index contributed by atoms with van der Waals surface area (Å²) in [7, 11) is 1.64. The Morgan fingerprint density at radius 2 is 1.90 bits per heavy atom. The van der Waals surface area contributed by atoms with Crippen LogP contribution in [0, 0.1) is 11.3 Å². The fourth-order valence-corrected chi connectivity index (χ4v) is 1.99.